The maximum absolute atomic E-state index is 12.5. The fourth-order valence-electron chi connectivity index (χ4n) is 3.78. The number of sulfone groups is 1. The highest BCUT2D eigenvalue weighted by Gasteiger charge is 2.31. The molecular weight excluding hydrogens is 396 g/mol. The average Bonchev–Trinajstić information content (AvgIpc) is 3.28. The molecule has 0 bridgehead atoms. The molecule has 0 saturated carbocycles. The number of anilines is 1. The van der Waals surface area contributed by atoms with Gasteiger partial charge in [0, 0.05) is 38.4 Å². The molecule has 10 heteroatoms. The summed E-state index contributed by atoms with van der Waals surface area (Å²) in [6, 6.07) is 3.33. The van der Waals surface area contributed by atoms with Crippen molar-refractivity contribution >= 4 is 21.7 Å². The fourth-order valence-corrected chi connectivity index (χ4v) is 4.62. The molecule has 0 atom stereocenters. The number of likely N-dealkylation sites (tertiary alicyclic amines) is 1. The fraction of sp³-hybridized carbons (Fsp3) is 0.526. The molecule has 2 saturated heterocycles. The zero-order valence-corrected chi connectivity index (χ0v) is 17.1. The Labute approximate surface area is 169 Å². The largest absolute Gasteiger partial charge is 0.459 e. The molecular formula is C19H24N4O5S. The molecule has 1 amide bonds. The summed E-state index contributed by atoms with van der Waals surface area (Å²) in [6.45, 7) is 3.58. The minimum atomic E-state index is -3.46. The number of hydrogen-bond acceptors (Lipinski definition) is 8. The molecule has 0 unspecified atom stereocenters. The van der Waals surface area contributed by atoms with Gasteiger partial charge in [0.1, 0.15) is 4.90 Å². The van der Waals surface area contributed by atoms with Crippen LogP contribution in [0.4, 0.5) is 5.95 Å². The molecule has 156 valence electrons. The van der Waals surface area contributed by atoms with Gasteiger partial charge in [0.15, 0.2) is 15.6 Å². The van der Waals surface area contributed by atoms with Crippen LogP contribution in [-0.2, 0) is 14.6 Å². The third kappa shape index (κ3) is 4.27. The number of nitrogens with zero attached hydrogens (tertiary/aromatic N) is 4. The van der Waals surface area contributed by atoms with Crippen molar-refractivity contribution in [3.05, 3.63) is 36.0 Å². The standard InChI is InChI=1S/C19H24N4O5S/c1-29(25,26)16-13-20-19(23-8-11-27-12-9-23)21-17(16)14-4-6-22(7-5-14)18(24)15-3-2-10-28-15/h2-3,10,13-14H,4-9,11-12H2,1H3. The lowest BCUT2D eigenvalue weighted by atomic mass is 9.93. The number of aromatic nitrogens is 2. The van der Waals surface area contributed by atoms with E-state index in [0.717, 1.165) is 0 Å². The van der Waals surface area contributed by atoms with Crippen LogP contribution in [0.3, 0.4) is 0 Å². The molecule has 0 radical (unpaired) electrons. The van der Waals surface area contributed by atoms with Gasteiger partial charge in [-0.2, -0.15) is 0 Å². The van der Waals surface area contributed by atoms with Crippen LogP contribution in [0.2, 0.25) is 0 Å². The number of furan rings is 1. The van der Waals surface area contributed by atoms with Gasteiger partial charge in [0.25, 0.3) is 5.91 Å². The Morgan fingerprint density at radius 3 is 2.52 bits per heavy atom. The molecule has 2 aliphatic rings. The van der Waals surface area contributed by atoms with Crippen molar-refractivity contribution in [3.8, 4) is 0 Å². The molecule has 0 spiro atoms. The highest BCUT2D eigenvalue weighted by atomic mass is 32.2. The van der Waals surface area contributed by atoms with Crippen LogP contribution in [0.25, 0.3) is 0 Å². The van der Waals surface area contributed by atoms with Gasteiger partial charge in [0.2, 0.25) is 5.95 Å². The lowest BCUT2D eigenvalue weighted by Crippen LogP contribution is -2.39. The van der Waals surface area contributed by atoms with Gasteiger partial charge in [-0.05, 0) is 25.0 Å². The number of piperidine rings is 1. The predicted molar refractivity (Wildman–Crippen MR) is 105 cm³/mol. The van der Waals surface area contributed by atoms with E-state index in [-0.39, 0.29) is 16.7 Å². The summed E-state index contributed by atoms with van der Waals surface area (Å²) in [6.07, 6.45) is 5.34. The lowest BCUT2D eigenvalue weighted by Gasteiger charge is -2.32. The van der Waals surface area contributed by atoms with Crippen LogP contribution >= 0.6 is 0 Å². The smallest absolute Gasteiger partial charge is 0.289 e. The summed E-state index contributed by atoms with van der Waals surface area (Å²) < 4.78 is 35.2. The van der Waals surface area contributed by atoms with E-state index in [1.54, 1.807) is 17.0 Å². The van der Waals surface area contributed by atoms with E-state index in [2.05, 4.69) is 9.97 Å². The van der Waals surface area contributed by atoms with Gasteiger partial charge in [-0.1, -0.05) is 0 Å². The van der Waals surface area contributed by atoms with Crippen molar-refractivity contribution in [3.63, 3.8) is 0 Å². The van der Waals surface area contributed by atoms with Crippen LogP contribution in [0.15, 0.2) is 33.9 Å². The minimum absolute atomic E-state index is 0.0526. The van der Waals surface area contributed by atoms with Crippen molar-refractivity contribution in [2.24, 2.45) is 0 Å². The molecule has 0 N–H and O–H groups in total. The molecule has 4 heterocycles. The number of carbonyl (C=O) groups is 1. The van der Waals surface area contributed by atoms with Crippen molar-refractivity contribution in [1.82, 2.24) is 14.9 Å². The second-order valence-electron chi connectivity index (χ2n) is 7.33. The molecule has 2 aromatic heterocycles. The molecule has 0 aromatic carbocycles. The summed E-state index contributed by atoms with van der Waals surface area (Å²) in [5.41, 5.74) is 0.550. The maximum Gasteiger partial charge on any atom is 0.289 e. The van der Waals surface area contributed by atoms with Crippen LogP contribution in [0, 0.1) is 0 Å². The number of amides is 1. The zero-order chi connectivity index (χ0) is 20.4. The molecule has 2 aromatic rings. The monoisotopic (exact) mass is 420 g/mol. The molecule has 2 aliphatic heterocycles. The van der Waals surface area contributed by atoms with Gasteiger partial charge in [-0.3, -0.25) is 4.79 Å². The third-order valence-corrected chi connectivity index (χ3v) is 6.48. The second kappa shape index (κ2) is 8.11. The summed E-state index contributed by atoms with van der Waals surface area (Å²) >= 11 is 0. The Kier molecular flexibility index (Phi) is 5.55. The van der Waals surface area contributed by atoms with E-state index in [4.69, 9.17) is 9.15 Å². The normalized spacial score (nSPS) is 18.8. The van der Waals surface area contributed by atoms with E-state index < -0.39 is 9.84 Å². The van der Waals surface area contributed by atoms with Gasteiger partial charge in [-0.15, -0.1) is 0 Å². The van der Waals surface area contributed by atoms with Crippen molar-refractivity contribution in [2.45, 2.75) is 23.7 Å². The van der Waals surface area contributed by atoms with Crippen LogP contribution in [0.1, 0.15) is 35.0 Å². The zero-order valence-electron chi connectivity index (χ0n) is 16.3. The van der Waals surface area contributed by atoms with Crippen molar-refractivity contribution in [1.29, 1.82) is 0 Å². The SMILES string of the molecule is CS(=O)(=O)c1cnc(N2CCOCC2)nc1C1CCN(C(=O)c2ccco2)CC1. The Hall–Kier alpha value is -2.46. The van der Waals surface area contributed by atoms with Crippen LogP contribution in [-0.4, -0.2) is 74.8 Å². The first-order chi connectivity index (χ1) is 13.9. The predicted octanol–water partition coefficient (Wildman–Crippen LogP) is 1.33. The number of rotatable bonds is 4. The van der Waals surface area contributed by atoms with E-state index in [1.807, 2.05) is 4.90 Å². The first kappa shape index (κ1) is 19.8. The number of carbonyl (C=O) groups excluding carboxylic acids is 1. The van der Waals surface area contributed by atoms with Crippen LogP contribution in [0.5, 0.6) is 0 Å². The van der Waals surface area contributed by atoms with Gasteiger partial charge >= 0.3 is 0 Å². The highest BCUT2D eigenvalue weighted by Crippen LogP contribution is 2.32. The van der Waals surface area contributed by atoms with E-state index in [1.165, 1.54) is 18.7 Å². The minimum Gasteiger partial charge on any atom is -0.459 e. The number of hydrogen-bond donors (Lipinski definition) is 0. The van der Waals surface area contributed by atoms with Crippen LogP contribution < -0.4 is 4.90 Å². The van der Waals surface area contributed by atoms with Gasteiger partial charge in [-0.25, -0.2) is 18.4 Å². The Morgan fingerprint density at radius 2 is 1.90 bits per heavy atom. The topological polar surface area (TPSA) is 106 Å². The Balaban J connectivity index is 1.55. The van der Waals surface area contributed by atoms with Gasteiger partial charge in [0.05, 0.1) is 31.4 Å². The summed E-state index contributed by atoms with van der Waals surface area (Å²) in [5.74, 6) is 0.651. The molecule has 29 heavy (non-hydrogen) atoms. The molecule has 4 rings (SSSR count). The first-order valence-electron chi connectivity index (χ1n) is 9.66. The van der Waals surface area contributed by atoms with Gasteiger partial charge < -0.3 is 19.0 Å². The Morgan fingerprint density at radius 1 is 1.17 bits per heavy atom. The van der Waals surface area contributed by atoms with Crippen molar-refractivity contribution in [2.75, 3.05) is 50.5 Å². The van der Waals surface area contributed by atoms with E-state index in [9.17, 15) is 13.2 Å². The number of ether oxygens (including phenoxy) is 1. The number of morpholine rings is 1. The average molecular weight is 420 g/mol. The Bertz CT molecular complexity index is 962. The second-order valence-corrected chi connectivity index (χ2v) is 9.32. The summed E-state index contributed by atoms with van der Waals surface area (Å²) in [5, 5.41) is 0. The highest BCUT2D eigenvalue weighted by molar-refractivity contribution is 7.90. The summed E-state index contributed by atoms with van der Waals surface area (Å²) in [7, 11) is -3.46. The molecule has 2 fully saturated rings. The lowest BCUT2D eigenvalue weighted by molar-refractivity contribution is 0.0679. The van der Waals surface area contributed by atoms with Crippen molar-refractivity contribution < 1.29 is 22.4 Å². The van der Waals surface area contributed by atoms with E-state index in [0.29, 0.717) is 69.6 Å². The first-order valence-corrected chi connectivity index (χ1v) is 11.5. The quantitative estimate of drug-likeness (QED) is 0.729. The molecule has 9 nitrogen and oxygen atoms in total. The van der Waals surface area contributed by atoms with E-state index >= 15 is 0 Å². The molecule has 0 aliphatic carbocycles. The third-order valence-electron chi connectivity index (χ3n) is 5.36. The maximum atomic E-state index is 12.5. The summed E-state index contributed by atoms with van der Waals surface area (Å²) in [4.78, 5) is 25.4.